The summed E-state index contributed by atoms with van der Waals surface area (Å²) < 4.78 is 11.7. The molecule has 0 unspecified atom stereocenters. The van der Waals surface area contributed by atoms with Crippen molar-refractivity contribution in [2.45, 2.75) is 44.4 Å². The maximum absolute atomic E-state index is 11.0. The number of hydrogen-bond acceptors (Lipinski definition) is 9. The van der Waals surface area contributed by atoms with Crippen LogP contribution in [-0.4, -0.2) is 56.6 Å². The second-order valence-corrected chi connectivity index (χ2v) is 9.62. The van der Waals surface area contributed by atoms with E-state index in [2.05, 4.69) is 37.0 Å². The average molecular weight is 501 g/mol. The number of hydrogen-bond donors (Lipinski definition) is 1. The first-order valence-corrected chi connectivity index (χ1v) is 12.8. The molecule has 0 spiro atoms. The maximum atomic E-state index is 11.0. The average Bonchev–Trinajstić information content (AvgIpc) is 3.06. The normalized spacial score (nSPS) is 20.1. The topological polar surface area (TPSA) is 123 Å². The number of aliphatic imine (C=N–C) groups is 1. The monoisotopic (exact) mass is 500 g/mol. The van der Waals surface area contributed by atoms with Crippen molar-refractivity contribution in [2.24, 2.45) is 10.9 Å². The van der Waals surface area contributed by atoms with Crippen LogP contribution in [0.2, 0.25) is 0 Å². The van der Waals surface area contributed by atoms with Crippen LogP contribution >= 0.6 is 0 Å². The molecular weight excluding hydrogens is 472 g/mol. The highest BCUT2D eigenvalue weighted by Crippen LogP contribution is 2.40. The van der Waals surface area contributed by atoms with Crippen molar-refractivity contribution in [3.05, 3.63) is 59.7 Å². The fourth-order valence-corrected chi connectivity index (χ4v) is 5.25. The summed E-state index contributed by atoms with van der Waals surface area (Å²) in [6.07, 6.45) is 8.42. The first-order chi connectivity index (χ1) is 18.1. The third-order valence-corrected chi connectivity index (χ3v) is 7.21. The minimum atomic E-state index is -0.703. The zero-order chi connectivity index (χ0) is 25.2. The molecule has 190 valence electrons. The highest BCUT2D eigenvalue weighted by Gasteiger charge is 2.35. The number of amidine groups is 1. The molecule has 37 heavy (non-hydrogen) atoms. The van der Waals surface area contributed by atoms with E-state index >= 15 is 0 Å². The lowest BCUT2D eigenvalue weighted by molar-refractivity contribution is -0.138. The molecule has 0 atom stereocenters. The Hall–Kier alpha value is -4.08. The maximum Gasteiger partial charge on any atom is 0.321 e. The number of carboxylic acid groups (broad SMARTS) is 1. The molecule has 1 aliphatic carbocycles. The predicted molar refractivity (Wildman–Crippen MR) is 136 cm³/mol. The number of aliphatic carboxylic acids is 1. The summed E-state index contributed by atoms with van der Waals surface area (Å²) in [5.41, 5.74) is 3.76. The van der Waals surface area contributed by atoms with Gasteiger partial charge in [-0.25, -0.2) is 4.99 Å². The van der Waals surface area contributed by atoms with Gasteiger partial charge in [0, 0.05) is 36.3 Å². The van der Waals surface area contributed by atoms with Gasteiger partial charge in [0.05, 0.1) is 25.0 Å². The molecule has 1 N–H and O–H groups in total. The van der Waals surface area contributed by atoms with Gasteiger partial charge in [-0.15, -0.1) is 0 Å². The van der Waals surface area contributed by atoms with Crippen LogP contribution in [0, 0.1) is 5.92 Å². The van der Waals surface area contributed by atoms with E-state index in [1.807, 2.05) is 24.4 Å². The van der Waals surface area contributed by atoms with Crippen LogP contribution in [0.3, 0.4) is 0 Å². The first-order valence-electron chi connectivity index (χ1n) is 12.8. The van der Waals surface area contributed by atoms with Gasteiger partial charge >= 0.3 is 12.0 Å². The van der Waals surface area contributed by atoms with Gasteiger partial charge in [-0.2, -0.15) is 9.97 Å². The second-order valence-electron chi connectivity index (χ2n) is 9.62. The smallest absolute Gasteiger partial charge is 0.321 e. The molecule has 0 radical (unpaired) electrons. The number of rotatable bonds is 8. The Balaban J connectivity index is 1.11. The highest BCUT2D eigenvalue weighted by atomic mass is 16.5. The van der Waals surface area contributed by atoms with Crippen LogP contribution in [-0.2, 0) is 11.2 Å². The van der Waals surface area contributed by atoms with Gasteiger partial charge in [0.15, 0.2) is 11.7 Å². The molecule has 2 aliphatic heterocycles. The lowest BCUT2D eigenvalue weighted by atomic mass is 9.79. The summed E-state index contributed by atoms with van der Waals surface area (Å²) in [5, 5.41) is 9.05. The number of carbonyl (C=O) groups is 1. The first kappa shape index (κ1) is 23.3. The number of ether oxygens (including phenoxy) is 2. The molecule has 0 aromatic carbocycles. The Kier molecular flexibility index (Phi) is 6.38. The third-order valence-electron chi connectivity index (χ3n) is 7.21. The summed E-state index contributed by atoms with van der Waals surface area (Å²) >= 11 is 0. The molecule has 5 heterocycles. The lowest BCUT2D eigenvalue weighted by Crippen LogP contribution is -2.36. The Bertz CT molecular complexity index is 1310. The van der Waals surface area contributed by atoms with Gasteiger partial charge < -0.3 is 19.5 Å². The SMILES string of the molecule is O=C(O)C[C@H]1CC[C@@H](c2ccc(N3CCOc4nc(OCCc5ccccn5)nc5c4C3=N5)cn2)CC1. The summed E-state index contributed by atoms with van der Waals surface area (Å²) in [6, 6.07) is 10.2. The van der Waals surface area contributed by atoms with Crippen LogP contribution < -0.4 is 14.4 Å². The highest BCUT2D eigenvalue weighted by molar-refractivity contribution is 6.20. The molecule has 3 aliphatic rings. The standard InChI is InChI=1S/C27H28N6O4/c34-22(35)15-17-4-6-18(7-5-17)21-9-8-20(16-29-21)33-12-14-36-26-23-24(30-25(23)33)31-27(32-26)37-13-10-19-3-1-2-11-28-19/h1-3,8-9,11,16-18H,4-7,10,12-15H2,(H,34,35)/t17-,18+. The molecule has 1 saturated carbocycles. The molecule has 0 bridgehead atoms. The minimum Gasteiger partial charge on any atom is -0.481 e. The molecule has 10 nitrogen and oxygen atoms in total. The van der Waals surface area contributed by atoms with Gasteiger partial charge in [-0.05, 0) is 55.9 Å². The van der Waals surface area contributed by atoms with E-state index in [1.165, 1.54) is 0 Å². The van der Waals surface area contributed by atoms with Crippen LogP contribution in [0.15, 0.2) is 47.7 Å². The van der Waals surface area contributed by atoms with Gasteiger partial charge in [-0.3, -0.25) is 14.8 Å². The molecule has 3 aromatic heterocycles. The predicted octanol–water partition coefficient (Wildman–Crippen LogP) is 3.93. The molecule has 0 amide bonds. The van der Waals surface area contributed by atoms with E-state index in [9.17, 15) is 4.79 Å². The zero-order valence-electron chi connectivity index (χ0n) is 20.4. The Labute approximate surface area is 214 Å². The van der Waals surface area contributed by atoms with Crippen molar-refractivity contribution in [3.63, 3.8) is 0 Å². The molecular formula is C27H28N6O4. The Morgan fingerprint density at radius 2 is 2.00 bits per heavy atom. The van der Waals surface area contributed by atoms with Crippen molar-refractivity contribution in [3.8, 4) is 11.9 Å². The summed E-state index contributed by atoms with van der Waals surface area (Å²) in [7, 11) is 0. The number of pyridine rings is 2. The third kappa shape index (κ3) is 4.96. The quantitative estimate of drug-likeness (QED) is 0.490. The van der Waals surface area contributed by atoms with Gasteiger partial charge in [0.2, 0.25) is 5.88 Å². The molecule has 3 aromatic rings. The Morgan fingerprint density at radius 3 is 2.76 bits per heavy atom. The fourth-order valence-electron chi connectivity index (χ4n) is 5.25. The Morgan fingerprint density at radius 1 is 1.11 bits per heavy atom. The van der Waals surface area contributed by atoms with Gasteiger partial charge in [0.1, 0.15) is 12.2 Å². The van der Waals surface area contributed by atoms with Gasteiger partial charge in [0.25, 0.3) is 0 Å². The second kappa shape index (κ2) is 10.1. The van der Waals surface area contributed by atoms with Crippen molar-refractivity contribution < 1.29 is 19.4 Å². The number of carboxylic acids is 1. The van der Waals surface area contributed by atoms with E-state index in [4.69, 9.17) is 19.6 Å². The number of anilines is 1. The van der Waals surface area contributed by atoms with Crippen molar-refractivity contribution in [2.75, 3.05) is 24.7 Å². The molecule has 10 heteroatoms. The van der Waals surface area contributed by atoms with E-state index < -0.39 is 5.97 Å². The summed E-state index contributed by atoms with van der Waals surface area (Å²) in [6.45, 7) is 1.48. The van der Waals surface area contributed by atoms with E-state index in [-0.39, 0.29) is 18.3 Å². The van der Waals surface area contributed by atoms with Crippen molar-refractivity contribution >= 4 is 23.3 Å². The summed E-state index contributed by atoms with van der Waals surface area (Å²) in [4.78, 5) is 35.7. The summed E-state index contributed by atoms with van der Waals surface area (Å²) in [5.74, 6) is 1.81. The molecule has 0 saturated heterocycles. The molecule has 1 fully saturated rings. The van der Waals surface area contributed by atoms with E-state index in [0.29, 0.717) is 43.8 Å². The van der Waals surface area contributed by atoms with Crippen molar-refractivity contribution in [1.82, 2.24) is 19.9 Å². The minimum absolute atomic E-state index is 0.255. The van der Waals surface area contributed by atoms with Crippen LogP contribution in [0.5, 0.6) is 11.9 Å². The van der Waals surface area contributed by atoms with E-state index in [0.717, 1.165) is 54.2 Å². The van der Waals surface area contributed by atoms with Crippen LogP contribution in [0.25, 0.3) is 0 Å². The van der Waals surface area contributed by atoms with Crippen molar-refractivity contribution in [1.29, 1.82) is 0 Å². The van der Waals surface area contributed by atoms with Crippen LogP contribution in [0.4, 0.5) is 11.5 Å². The lowest BCUT2D eigenvalue weighted by Gasteiger charge is -2.29. The van der Waals surface area contributed by atoms with E-state index in [1.54, 1.807) is 6.20 Å². The molecule has 6 rings (SSSR count). The largest absolute Gasteiger partial charge is 0.481 e. The fraction of sp³-hybridized carbons (Fsp3) is 0.407. The number of nitrogens with zero attached hydrogens (tertiary/aromatic N) is 6. The van der Waals surface area contributed by atoms with Crippen LogP contribution in [0.1, 0.15) is 55.0 Å². The van der Waals surface area contributed by atoms with Gasteiger partial charge in [-0.1, -0.05) is 6.07 Å². The zero-order valence-corrected chi connectivity index (χ0v) is 20.4. The number of aromatic nitrogens is 4.